The van der Waals surface area contributed by atoms with Crippen LogP contribution < -0.4 is 9.47 Å². The fourth-order valence-corrected chi connectivity index (χ4v) is 9.60. The van der Waals surface area contributed by atoms with Crippen molar-refractivity contribution < 1.29 is 60.0 Å². The highest BCUT2D eigenvalue weighted by atomic mass is 35.5. The van der Waals surface area contributed by atoms with Crippen LogP contribution in [-0.4, -0.2) is 46.0 Å². The standard InChI is InChI=1S/C56H44Cl2F6N2O7/c1-4-70-51(67)37-15-11-35(12-16-37)31-72-42-20-22-44(50(58)28-42)34(3)54(56(62,63)64,48-10-6-8-40-30-66-26-24-46(40)48)73-52(68)38-17-13-36(14-18-38)32-71-41-19-21-43(49(57)27-41)33(2)53(69,55(59,60)61)47-9-5-7-39-29-65-25-23-45(39)47/h5-30,33-34,69H,4,31-32H2,1-3H3. The summed E-state index contributed by atoms with van der Waals surface area (Å²) in [5.74, 6) is -4.62. The van der Waals surface area contributed by atoms with Gasteiger partial charge in [0, 0.05) is 68.6 Å². The van der Waals surface area contributed by atoms with E-state index in [9.17, 15) is 27.9 Å². The molecule has 1 N–H and O–H groups in total. The van der Waals surface area contributed by atoms with Crippen molar-refractivity contribution in [3.8, 4) is 11.5 Å². The van der Waals surface area contributed by atoms with Crippen LogP contribution in [-0.2, 0) is 33.9 Å². The van der Waals surface area contributed by atoms with E-state index in [1.807, 2.05) is 0 Å². The third-order valence-electron chi connectivity index (χ3n) is 12.9. The smallest absolute Gasteiger partial charge is 0.433 e. The molecule has 4 atom stereocenters. The first-order chi connectivity index (χ1) is 34.8. The fraction of sp³-hybridized carbons (Fsp3) is 0.214. The van der Waals surface area contributed by atoms with E-state index in [0.29, 0.717) is 27.5 Å². The highest BCUT2D eigenvalue weighted by Gasteiger charge is 2.64. The molecule has 0 radical (unpaired) electrons. The van der Waals surface area contributed by atoms with E-state index < -0.39 is 47.3 Å². The van der Waals surface area contributed by atoms with Gasteiger partial charge in [-0.15, -0.1) is 0 Å². The lowest BCUT2D eigenvalue weighted by molar-refractivity contribution is -0.274. The number of carbonyl (C=O) groups excluding carboxylic acids is 2. The maximum Gasteiger partial charge on any atom is 0.433 e. The van der Waals surface area contributed by atoms with E-state index in [1.54, 1.807) is 43.3 Å². The first-order valence-electron chi connectivity index (χ1n) is 22.7. The molecule has 8 rings (SSSR count). The van der Waals surface area contributed by atoms with Crippen molar-refractivity contribution >= 4 is 56.7 Å². The van der Waals surface area contributed by atoms with Gasteiger partial charge in [-0.05, 0) is 101 Å². The number of carbonyl (C=O) groups is 2. The second-order valence-electron chi connectivity index (χ2n) is 17.2. The van der Waals surface area contributed by atoms with E-state index in [1.165, 1.54) is 136 Å². The Morgan fingerprint density at radius 2 is 1.05 bits per heavy atom. The van der Waals surface area contributed by atoms with Crippen molar-refractivity contribution in [2.75, 3.05) is 6.61 Å². The summed E-state index contributed by atoms with van der Waals surface area (Å²) < 4.78 is 116. The predicted octanol–water partition coefficient (Wildman–Crippen LogP) is 14.4. The summed E-state index contributed by atoms with van der Waals surface area (Å²) in [7, 11) is 0. The number of fused-ring (bicyclic) bond motifs is 2. The van der Waals surface area contributed by atoms with Crippen LogP contribution >= 0.6 is 23.2 Å². The van der Waals surface area contributed by atoms with Crippen LogP contribution in [0.5, 0.6) is 11.5 Å². The Morgan fingerprint density at radius 3 is 1.52 bits per heavy atom. The molecule has 0 saturated heterocycles. The van der Waals surface area contributed by atoms with Crippen LogP contribution in [0.25, 0.3) is 21.5 Å². The van der Waals surface area contributed by atoms with Crippen molar-refractivity contribution in [3.63, 3.8) is 0 Å². The molecular formula is C56H44Cl2F6N2O7. The highest BCUT2D eigenvalue weighted by molar-refractivity contribution is 6.32. The van der Waals surface area contributed by atoms with Gasteiger partial charge in [-0.2, -0.15) is 26.3 Å². The Bertz CT molecular complexity index is 3290. The fourth-order valence-electron chi connectivity index (χ4n) is 8.93. The van der Waals surface area contributed by atoms with Gasteiger partial charge in [0.2, 0.25) is 5.60 Å². The molecule has 0 spiro atoms. The molecule has 0 amide bonds. The number of esters is 2. The molecule has 2 heterocycles. The van der Waals surface area contributed by atoms with E-state index >= 15 is 13.2 Å². The van der Waals surface area contributed by atoms with Crippen LogP contribution in [0.1, 0.15) is 86.7 Å². The molecule has 4 unspecified atom stereocenters. The number of hydrogen-bond acceptors (Lipinski definition) is 9. The Labute approximate surface area is 425 Å². The van der Waals surface area contributed by atoms with E-state index in [4.69, 9.17) is 42.1 Å². The molecule has 0 aliphatic rings. The number of pyridine rings is 2. The number of rotatable bonds is 16. The lowest BCUT2D eigenvalue weighted by Crippen LogP contribution is -2.50. The second-order valence-corrected chi connectivity index (χ2v) is 18.0. The number of nitrogens with zero attached hydrogens (tertiary/aromatic N) is 2. The largest absolute Gasteiger partial charge is 0.489 e. The number of aromatic nitrogens is 2. The van der Waals surface area contributed by atoms with Crippen LogP contribution in [0, 0.1) is 0 Å². The molecular weight excluding hydrogens is 998 g/mol. The molecule has 0 fully saturated rings. The Kier molecular flexibility index (Phi) is 15.1. The van der Waals surface area contributed by atoms with Crippen molar-refractivity contribution in [1.82, 2.24) is 9.97 Å². The molecule has 6 aromatic carbocycles. The van der Waals surface area contributed by atoms with Crippen LogP contribution in [0.15, 0.2) is 158 Å². The van der Waals surface area contributed by atoms with Gasteiger partial charge in [-0.25, -0.2) is 9.59 Å². The van der Waals surface area contributed by atoms with Gasteiger partial charge in [0.25, 0.3) is 0 Å². The maximum atomic E-state index is 16.2. The number of hydrogen-bond donors (Lipinski definition) is 1. The third kappa shape index (κ3) is 10.4. The SMILES string of the molecule is CCOC(=O)c1ccc(COc2ccc(C(C)C(OC(=O)c3ccc(COc4ccc(C(C)C(O)(c5cccc6cnccc56)C(F)(F)F)c(Cl)c4)cc3)(c3cccc4cnccc34)C(F)(F)F)c(Cl)c2)cc1. The molecule has 0 aliphatic heterocycles. The number of alkyl halides is 6. The minimum absolute atomic E-state index is 0.00213. The summed E-state index contributed by atoms with van der Waals surface area (Å²) in [4.78, 5) is 34.3. The van der Waals surface area contributed by atoms with Crippen LogP contribution in [0.4, 0.5) is 26.3 Å². The van der Waals surface area contributed by atoms with Crippen molar-refractivity contribution in [2.45, 2.75) is 69.4 Å². The summed E-state index contributed by atoms with van der Waals surface area (Å²) in [5.41, 5.74) is -6.13. The average molecular weight is 1040 g/mol. The van der Waals surface area contributed by atoms with Crippen LogP contribution in [0.2, 0.25) is 10.0 Å². The van der Waals surface area contributed by atoms with Crippen molar-refractivity contribution in [1.29, 1.82) is 0 Å². The quantitative estimate of drug-likeness (QED) is 0.0746. The summed E-state index contributed by atoms with van der Waals surface area (Å²) in [6, 6.07) is 31.5. The molecule has 2 aromatic heterocycles. The lowest BCUT2D eigenvalue weighted by Gasteiger charge is -2.41. The zero-order valence-electron chi connectivity index (χ0n) is 39.1. The van der Waals surface area contributed by atoms with Gasteiger partial charge >= 0.3 is 24.3 Å². The Hall–Kier alpha value is -7.20. The lowest BCUT2D eigenvalue weighted by atomic mass is 9.75. The zero-order chi connectivity index (χ0) is 52.3. The molecule has 17 heteroatoms. The van der Waals surface area contributed by atoms with Gasteiger partial charge in [0.1, 0.15) is 24.7 Å². The van der Waals surface area contributed by atoms with Gasteiger partial charge in [-0.3, -0.25) is 9.97 Å². The van der Waals surface area contributed by atoms with Crippen molar-refractivity contribution in [3.05, 3.63) is 213 Å². The van der Waals surface area contributed by atoms with Crippen molar-refractivity contribution in [2.24, 2.45) is 0 Å². The number of benzene rings is 6. The predicted molar refractivity (Wildman–Crippen MR) is 264 cm³/mol. The first kappa shape index (κ1) is 52.1. The topological polar surface area (TPSA) is 117 Å². The molecule has 73 heavy (non-hydrogen) atoms. The minimum Gasteiger partial charge on any atom is -0.489 e. The molecule has 376 valence electrons. The molecule has 8 aromatic rings. The summed E-state index contributed by atoms with van der Waals surface area (Å²) in [5, 5.41) is 12.4. The molecule has 0 bridgehead atoms. The number of halogens is 8. The Balaban J connectivity index is 1.02. The molecule has 0 saturated carbocycles. The van der Waals surface area contributed by atoms with Gasteiger partial charge in [0.05, 0.1) is 17.7 Å². The summed E-state index contributed by atoms with van der Waals surface area (Å²) in [6.45, 7) is 4.31. The number of aliphatic hydroxyl groups is 1. The first-order valence-corrected chi connectivity index (χ1v) is 23.5. The van der Waals surface area contributed by atoms with E-state index in [0.717, 1.165) is 0 Å². The van der Waals surface area contributed by atoms with E-state index in [2.05, 4.69) is 9.97 Å². The summed E-state index contributed by atoms with van der Waals surface area (Å²) >= 11 is 13.4. The normalized spacial score (nSPS) is 14.4. The monoisotopic (exact) mass is 1040 g/mol. The average Bonchev–Trinajstić information content (AvgIpc) is 3.37. The van der Waals surface area contributed by atoms with Crippen LogP contribution in [0.3, 0.4) is 0 Å². The van der Waals surface area contributed by atoms with Gasteiger partial charge < -0.3 is 24.1 Å². The molecule has 0 aliphatic carbocycles. The number of ether oxygens (including phenoxy) is 4. The zero-order valence-corrected chi connectivity index (χ0v) is 40.6. The third-order valence-corrected chi connectivity index (χ3v) is 13.5. The second kappa shape index (κ2) is 21.1. The Morgan fingerprint density at radius 1 is 0.589 bits per heavy atom. The van der Waals surface area contributed by atoms with Gasteiger partial charge in [-0.1, -0.05) is 110 Å². The molecule has 9 nitrogen and oxygen atoms in total. The minimum atomic E-state index is -5.24. The maximum absolute atomic E-state index is 16.2. The van der Waals surface area contributed by atoms with E-state index in [-0.39, 0.29) is 80.0 Å². The van der Waals surface area contributed by atoms with Gasteiger partial charge in [0.15, 0.2) is 5.60 Å². The highest BCUT2D eigenvalue weighted by Crippen LogP contribution is 2.55. The summed E-state index contributed by atoms with van der Waals surface area (Å²) in [6.07, 6.45) is -4.88.